The molecular formula is C22H29FN2O4. The van der Waals surface area contributed by atoms with E-state index >= 15 is 0 Å². The number of nitrogens with one attached hydrogen (secondary N) is 2. The zero-order valence-corrected chi connectivity index (χ0v) is 17.2. The summed E-state index contributed by atoms with van der Waals surface area (Å²) in [6.07, 6.45) is -0.876. The van der Waals surface area contributed by atoms with E-state index in [1.165, 1.54) is 6.07 Å². The van der Waals surface area contributed by atoms with Crippen LogP contribution in [0.5, 0.6) is 11.5 Å². The molecule has 29 heavy (non-hydrogen) atoms. The number of amides is 2. The second kappa shape index (κ2) is 10.1. The van der Waals surface area contributed by atoms with E-state index in [9.17, 15) is 14.3 Å². The number of aliphatic hydroxyl groups excluding tert-OH is 1. The molecule has 2 unspecified atom stereocenters. The number of hydrogen-bond donors (Lipinski definition) is 3. The van der Waals surface area contributed by atoms with E-state index in [1.807, 2.05) is 20.8 Å². The van der Waals surface area contributed by atoms with Crippen molar-refractivity contribution in [1.29, 1.82) is 0 Å². The molecule has 158 valence electrons. The second-order valence-electron chi connectivity index (χ2n) is 7.81. The molecule has 0 aliphatic carbocycles. The van der Waals surface area contributed by atoms with Gasteiger partial charge in [-0.25, -0.2) is 9.18 Å². The maximum atomic E-state index is 13.8. The molecule has 0 saturated heterocycles. The van der Waals surface area contributed by atoms with Crippen LogP contribution in [0.3, 0.4) is 0 Å². The van der Waals surface area contributed by atoms with Gasteiger partial charge < -0.3 is 25.2 Å². The molecule has 2 aromatic rings. The lowest BCUT2D eigenvalue weighted by Crippen LogP contribution is -2.51. The van der Waals surface area contributed by atoms with Crippen molar-refractivity contribution in [3.8, 4) is 11.5 Å². The van der Waals surface area contributed by atoms with Crippen molar-refractivity contribution in [1.82, 2.24) is 10.6 Å². The molecule has 0 aliphatic heterocycles. The molecule has 0 bridgehead atoms. The molecule has 0 fully saturated rings. The van der Waals surface area contributed by atoms with Crippen LogP contribution in [-0.4, -0.2) is 37.4 Å². The lowest BCUT2D eigenvalue weighted by Gasteiger charge is -2.31. The Bertz CT molecular complexity index is 807. The Kier molecular flexibility index (Phi) is 7.84. The van der Waals surface area contributed by atoms with Gasteiger partial charge in [0.05, 0.1) is 19.3 Å². The highest BCUT2D eigenvalue weighted by atomic mass is 19.1. The molecule has 3 N–H and O–H groups in total. The Labute approximate surface area is 171 Å². The van der Waals surface area contributed by atoms with Gasteiger partial charge in [0.2, 0.25) is 0 Å². The minimum absolute atomic E-state index is 0.0318. The van der Waals surface area contributed by atoms with Crippen LogP contribution in [0, 0.1) is 11.2 Å². The molecule has 0 spiro atoms. The first kappa shape index (κ1) is 22.5. The van der Waals surface area contributed by atoms with Gasteiger partial charge in [-0.15, -0.1) is 0 Å². The normalized spacial score (nSPS) is 13.3. The van der Waals surface area contributed by atoms with Crippen LogP contribution in [0.1, 0.15) is 32.4 Å². The minimum Gasteiger partial charge on any atom is -0.497 e. The minimum atomic E-state index is -0.876. The van der Waals surface area contributed by atoms with E-state index in [0.717, 1.165) is 0 Å². The SMILES string of the molecule is COc1cccc(C(O)CNC(=O)NC(COc2ccccc2F)C(C)(C)C)c1. The molecule has 0 radical (unpaired) electrons. The van der Waals surface area contributed by atoms with Gasteiger partial charge in [-0.3, -0.25) is 0 Å². The molecule has 6 nitrogen and oxygen atoms in total. The summed E-state index contributed by atoms with van der Waals surface area (Å²) < 4.78 is 24.5. The van der Waals surface area contributed by atoms with Crippen LogP contribution in [0.4, 0.5) is 9.18 Å². The quantitative estimate of drug-likeness (QED) is 0.627. The Morgan fingerprint density at radius 2 is 1.90 bits per heavy atom. The number of carbonyl (C=O) groups is 1. The van der Waals surface area contributed by atoms with Crippen molar-refractivity contribution < 1.29 is 23.8 Å². The van der Waals surface area contributed by atoms with Crippen molar-refractivity contribution in [2.75, 3.05) is 20.3 Å². The first-order valence-corrected chi connectivity index (χ1v) is 9.44. The van der Waals surface area contributed by atoms with Crippen LogP contribution >= 0.6 is 0 Å². The molecule has 0 heterocycles. The van der Waals surface area contributed by atoms with Gasteiger partial charge >= 0.3 is 6.03 Å². The van der Waals surface area contributed by atoms with Crippen LogP contribution in [0.2, 0.25) is 0 Å². The smallest absolute Gasteiger partial charge is 0.315 e. The number of halogens is 1. The average molecular weight is 404 g/mol. The van der Waals surface area contributed by atoms with Crippen molar-refractivity contribution in [2.24, 2.45) is 5.41 Å². The van der Waals surface area contributed by atoms with Crippen LogP contribution < -0.4 is 20.1 Å². The molecule has 2 aromatic carbocycles. The van der Waals surface area contributed by atoms with E-state index in [4.69, 9.17) is 9.47 Å². The van der Waals surface area contributed by atoms with Crippen molar-refractivity contribution in [2.45, 2.75) is 32.9 Å². The Morgan fingerprint density at radius 3 is 2.55 bits per heavy atom. The lowest BCUT2D eigenvalue weighted by atomic mass is 9.87. The fourth-order valence-electron chi connectivity index (χ4n) is 2.61. The fraction of sp³-hybridized carbons (Fsp3) is 0.409. The van der Waals surface area contributed by atoms with Gasteiger partial charge in [0.15, 0.2) is 11.6 Å². The topological polar surface area (TPSA) is 79.8 Å². The number of para-hydroxylation sites is 1. The Hall–Kier alpha value is -2.80. The van der Waals surface area contributed by atoms with Crippen molar-refractivity contribution >= 4 is 6.03 Å². The van der Waals surface area contributed by atoms with Crippen LogP contribution in [0.15, 0.2) is 48.5 Å². The summed E-state index contributed by atoms with van der Waals surface area (Å²) in [6, 6.07) is 12.3. The van der Waals surface area contributed by atoms with E-state index < -0.39 is 18.0 Å². The van der Waals surface area contributed by atoms with Crippen molar-refractivity contribution in [3.63, 3.8) is 0 Å². The van der Waals surface area contributed by atoms with Crippen LogP contribution in [0.25, 0.3) is 0 Å². The largest absolute Gasteiger partial charge is 0.497 e. The first-order valence-electron chi connectivity index (χ1n) is 9.44. The summed E-state index contributed by atoms with van der Waals surface area (Å²) in [7, 11) is 1.55. The van der Waals surface area contributed by atoms with E-state index in [1.54, 1.807) is 49.6 Å². The highest BCUT2D eigenvalue weighted by Gasteiger charge is 2.27. The summed E-state index contributed by atoms with van der Waals surface area (Å²) >= 11 is 0. The number of methoxy groups -OCH3 is 1. The van der Waals surface area contributed by atoms with Gasteiger partial charge in [0.1, 0.15) is 12.4 Å². The monoisotopic (exact) mass is 404 g/mol. The zero-order valence-electron chi connectivity index (χ0n) is 17.2. The number of benzene rings is 2. The number of hydrogen-bond acceptors (Lipinski definition) is 4. The molecular weight excluding hydrogens is 375 g/mol. The predicted octanol–water partition coefficient (Wildman–Crippen LogP) is 3.66. The van der Waals surface area contributed by atoms with Gasteiger partial charge in [-0.2, -0.15) is 0 Å². The van der Waals surface area contributed by atoms with Crippen molar-refractivity contribution in [3.05, 3.63) is 59.9 Å². The maximum absolute atomic E-state index is 13.8. The fourth-order valence-corrected chi connectivity index (χ4v) is 2.61. The number of ether oxygens (including phenoxy) is 2. The maximum Gasteiger partial charge on any atom is 0.315 e. The summed E-state index contributed by atoms with van der Waals surface area (Å²) in [6.45, 7) is 6.00. The lowest BCUT2D eigenvalue weighted by molar-refractivity contribution is 0.157. The molecule has 2 rings (SSSR count). The van der Waals surface area contributed by atoms with Gasteiger partial charge in [0.25, 0.3) is 0 Å². The van der Waals surface area contributed by atoms with Crippen LogP contribution in [-0.2, 0) is 0 Å². The van der Waals surface area contributed by atoms with E-state index in [2.05, 4.69) is 10.6 Å². The highest BCUT2D eigenvalue weighted by molar-refractivity contribution is 5.74. The third-order valence-electron chi connectivity index (χ3n) is 4.53. The van der Waals surface area contributed by atoms with E-state index in [0.29, 0.717) is 11.3 Å². The number of urea groups is 1. The molecule has 0 saturated carbocycles. The average Bonchev–Trinajstić information content (AvgIpc) is 2.69. The predicted molar refractivity (Wildman–Crippen MR) is 110 cm³/mol. The first-order chi connectivity index (χ1) is 13.7. The van der Waals surface area contributed by atoms with Gasteiger partial charge in [0, 0.05) is 6.54 Å². The zero-order chi connectivity index (χ0) is 21.4. The Morgan fingerprint density at radius 1 is 1.17 bits per heavy atom. The molecule has 0 aliphatic rings. The molecule has 2 amide bonds. The molecule has 2 atom stereocenters. The van der Waals surface area contributed by atoms with Gasteiger partial charge in [-0.1, -0.05) is 45.0 Å². The summed E-state index contributed by atoms with van der Waals surface area (Å²) in [5.41, 5.74) is 0.313. The molecule has 0 aromatic heterocycles. The number of carbonyl (C=O) groups excluding carboxylic acids is 1. The summed E-state index contributed by atoms with van der Waals surface area (Å²) in [4.78, 5) is 12.3. The number of rotatable bonds is 8. The second-order valence-corrected chi connectivity index (χ2v) is 7.81. The van der Waals surface area contributed by atoms with E-state index in [-0.39, 0.29) is 30.4 Å². The summed E-state index contributed by atoms with van der Waals surface area (Å²) in [5, 5.41) is 15.8. The van der Waals surface area contributed by atoms with Gasteiger partial charge in [-0.05, 0) is 35.2 Å². The third kappa shape index (κ3) is 6.94. The number of aliphatic hydroxyl groups is 1. The highest BCUT2D eigenvalue weighted by Crippen LogP contribution is 2.22. The summed E-state index contributed by atoms with van der Waals surface area (Å²) in [5.74, 6) is 0.313. The Balaban J connectivity index is 1.91. The molecule has 7 heteroatoms. The standard InChI is InChI=1S/C22H29FN2O4/c1-22(2,3)20(14-29-19-11-6-5-10-17(19)23)25-21(27)24-13-18(26)15-8-7-9-16(12-15)28-4/h5-12,18,20,26H,13-14H2,1-4H3,(H2,24,25,27). The third-order valence-corrected chi connectivity index (χ3v) is 4.53.